The van der Waals surface area contributed by atoms with Gasteiger partial charge in [0.1, 0.15) is 11.5 Å². The second kappa shape index (κ2) is 5.86. The monoisotopic (exact) mass is 258 g/mol. The van der Waals surface area contributed by atoms with E-state index in [1.54, 1.807) is 31.5 Å². The summed E-state index contributed by atoms with van der Waals surface area (Å²) in [4.78, 5) is 16.0. The number of aromatic nitrogens is 1. The van der Waals surface area contributed by atoms with Crippen LogP contribution in [0.15, 0.2) is 42.7 Å². The average Bonchev–Trinajstić information content (AvgIpc) is 2.47. The molecule has 0 saturated heterocycles. The van der Waals surface area contributed by atoms with Crippen molar-refractivity contribution in [1.82, 2.24) is 4.98 Å². The fraction of sp³-hybridized carbons (Fsp3) is 0.143. The van der Waals surface area contributed by atoms with Gasteiger partial charge < -0.3 is 14.8 Å². The van der Waals surface area contributed by atoms with Gasteiger partial charge in [0.15, 0.2) is 0 Å². The van der Waals surface area contributed by atoms with Gasteiger partial charge >= 0.3 is 0 Å². The van der Waals surface area contributed by atoms with Crippen LogP contribution in [-0.2, 0) is 0 Å². The normalized spacial score (nSPS) is 9.79. The van der Waals surface area contributed by atoms with E-state index < -0.39 is 0 Å². The number of carbonyl (C=O) groups is 1. The van der Waals surface area contributed by atoms with E-state index in [4.69, 9.17) is 9.47 Å². The number of anilines is 1. The van der Waals surface area contributed by atoms with Crippen molar-refractivity contribution in [3.8, 4) is 11.5 Å². The Hall–Kier alpha value is -2.56. The number of carbonyl (C=O) groups excluding carboxylic acids is 1. The van der Waals surface area contributed by atoms with Crippen molar-refractivity contribution in [2.45, 2.75) is 0 Å². The summed E-state index contributed by atoms with van der Waals surface area (Å²) in [5.41, 5.74) is 1.03. The minimum atomic E-state index is -0.268. The lowest BCUT2D eigenvalue weighted by Gasteiger charge is -2.10. The number of rotatable bonds is 4. The van der Waals surface area contributed by atoms with Crippen molar-refractivity contribution in [2.75, 3.05) is 19.5 Å². The summed E-state index contributed by atoms with van der Waals surface area (Å²) < 4.78 is 10.2. The molecule has 1 aromatic heterocycles. The summed E-state index contributed by atoms with van der Waals surface area (Å²) in [6.07, 6.45) is 3.02. The van der Waals surface area contributed by atoms with Gasteiger partial charge in [0.05, 0.1) is 31.7 Å². The highest BCUT2D eigenvalue weighted by molar-refractivity contribution is 6.05. The third-order valence-corrected chi connectivity index (χ3v) is 2.57. The van der Waals surface area contributed by atoms with Crippen LogP contribution in [0.1, 0.15) is 10.4 Å². The molecule has 0 spiro atoms. The molecule has 19 heavy (non-hydrogen) atoms. The molecule has 98 valence electrons. The predicted molar refractivity (Wildman–Crippen MR) is 71.7 cm³/mol. The zero-order chi connectivity index (χ0) is 13.7. The number of benzene rings is 1. The SMILES string of the molecule is COc1cncc(C(=O)Nc2ccccc2OC)c1. The third-order valence-electron chi connectivity index (χ3n) is 2.57. The number of hydrogen-bond acceptors (Lipinski definition) is 4. The van der Waals surface area contributed by atoms with Crippen molar-refractivity contribution < 1.29 is 14.3 Å². The van der Waals surface area contributed by atoms with E-state index in [1.165, 1.54) is 13.3 Å². The standard InChI is InChI=1S/C14H14N2O3/c1-18-11-7-10(8-15-9-11)14(17)16-12-5-3-4-6-13(12)19-2/h3-9H,1-2H3,(H,16,17). The van der Waals surface area contributed by atoms with Gasteiger partial charge in [-0.05, 0) is 18.2 Å². The fourth-order valence-corrected chi connectivity index (χ4v) is 1.60. The summed E-state index contributed by atoms with van der Waals surface area (Å²) >= 11 is 0. The molecule has 1 heterocycles. The Morgan fingerprint density at radius 1 is 1.16 bits per heavy atom. The average molecular weight is 258 g/mol. The maximum atomic E-state index is 12.1. The van der Waals surface area contributed by atoms with Gasteiger partial charge in [-0.3, -0.25) is 9.78 Å². The second-order valence-corrected chi connectivity index (χ2v) is 3.77. The van der Waals surface area contributed by atoms with E-state index >= 15 is 0 Å². The molecule has 0 radical (unpaired) electrons. The Morgan fingerprint density at radius 3 is 2.68 bits per heavy atom. The highest BCUT2D eigenvalue weighted by Crippen LogP contribution is 2.23. The van der Waals surface area contributed by atoms with Crippen LogP contribution in [0.3, 0.4) is 0 Å². The molecule has 2 aromatic rings. The smallest absolute Gasteiger partial charge is 0.257 e. The third kappa shape index (κ3) is 3.01. The van der Waals surface area contributed by atoms with Crippen LogP contribution < -0.4 is 14.8 Å². The van der Waals surface area contributed by atoms with E-state index in [0.29, 0.717) is 22.7 Å². The first-order chi connectivity index (χ1) is 9.24. The number of nitrogens with one attached hydrogen (secondary N) is 1. The van der Waals surface area contributed by atoms with Gasteiger partial charge in [0.2, 0.25) is 0 Å². The largest absolute Gasteiger partial charge is 0.495 e. The van der Waals surface area contributed by atoms with E-state index in [9.17, 15) is 4.79 Å². The van der Waals surface area contributed by atoms with E-state index in [2.05, 4.69) is 10.3 Å². The fourth-order valence-electron chi connectivity index (χ4n) is 1.60. The highest BCUT2D eigenvalue weighted by Gasteiger charge is 2.10. The molecule has 0 aliphatic carbocycles. The van der Waals surface area contributed by atoms with Gasteiger partial charge in [0.25, 0.3) is 5.91 Å². The number of methoxy groups -OCH3 is 2. The van der Waals surface area contributed by atoms with Crippen molar-refractivity contribution in [1.29, 1.82) is 0 Å². The molecule has 1 amide bonds. The molecule has 0 bridgehead atoms. The van der Waals surface area contributed by atoms with E-state index in [1.807, 2.05) is 12.1 Å². The minimum Gasteiger partial charge on any atom is -0.495 e. The predicted octanol–water partition coefficient (Wildman–Crippen LogP) is 2.35. The first-order valence-electron chi connectivity index (χ1n) is 5.68. The Balaban J connectivity index is 2.20. The van der Waals surface area contributed by atoms with Gasteiger partial charge in [0, 0.05) is 6.20 Å². The van der Waals surface area contributed by atoms with Crippen molar-refractivity contribution in [3.63, 3.8) is 0 Å². The van der Waals surface area contributed by atoms with Crippen LogP contribution in [0.4, 0.5) is 5.69 Å². The lowest BCUT2D eigenvalue weighted by atomic mass is 10.2. The van der Waals surface area contributed by atoms with Gasteiger partial charge in [-0.15, -0.1) is 0 Å². The molecule has 0 aliphatic rings. The lowest BCUT2D eigenvalue weighted by molar-refractivity contribution is 0.102. The maximum absolute atomic E-state index is 12.1. The molecule has 0 atom stereocenters. The van der Waals surface area contributed by atoms with Crippen LogP contribution in [0.5, 0.6) is 11.5 Å². The Labute approximate surface area is 111 Å². The van der Waals surface area contributed by atoms with Gasteiger partial charge in [-0.2, -0.15) is 0 Å². The molecule has 1 N–H and O–H groups in total. The van der Waals surface area contributed by atoms with Crippen molar-refractivity contribution in [2.24, 2.45) is 0 Å². The van der Waals surface area contributed by atoms with Crippen molar-refractivity contribution in [3.05, 3.63) is 48.3 Å². The number of nitrogens with zero attached hydrogens (tertiary/aromatic N) is 1. The number of hydrogen-bond donors (Lipinski definition) is 1. The Bertz CT molecular complexity index is 584. The summed E-state index contributed by atoms with van der Waals surface area (Å²) in [7, 11) is 3.08. The zero-order valence-corrected chi connectivity index (χ0v) is 10.7. The number of amides is 1. The zero-order valence-electron chi connectivity index (χ0n) is 10.7. The molecule has 5 heteroatoms. The maximum Gasteiger partial charge on any atom is 0.257 e. The molecule has 0 unspecified atom stereocenters. The molecular weight excluding hydrogens is 244 g/mol. The molecule has 1 aromatic carbocycles. The van der Waals surface area contributed by atoms with Gasteiger partial charge in [-0.25, -0.2) is 0 Å². The summed E-state index contributed by atoms with van der Waals surface area (Å²) in [5.74, 6) is 0.871. The highest BCUT2D eigenvalue weighted by atomic mass is 16.5. The minimum absolute atomic E-state index is 0.268. The number of ether oxygens (including phenoxy) is 2. The molecule has 0 fully saturated rings. The number of pyridine rings is 1. The summed E-state index contributed by atoms with van der Waals surface area (Å²) in [6.45, 7) is 0. The first-order valence-corrected chi connectivity index (χ1v) is 5.68. The van der Waals surface area contributed by atoms with E-state index in [-0.39, 0.29) is 5.91 Å². The van der Waals surface area contributed by atoms with Crippen LogP contribution in [-0.4, -0.2) is 25.1 Å². The second-order valence-electron chi connectivity index (χ2n) is 3.77. The van der Waals surface area contributed by atoms with Gasteiger partial charge in [-0.1, -0.05) is 12.1 Å². The molecule has 0 saturated carbocycles. The molecule has 2 rings (SSSR count). The number of para-hydroxylation sites is 2. The molecular formula is C14H14N2O3. The summed E-state index contributed by atoms with van der Waals surface area (Å²) in [5, 5.41) is 2.77. The van der Waals surface area contributed by atoms with Crippen LogP contribution in [0, 0.1) is 0 Å². The quantitative estimate of drug-likeness (QED) is 0.914. The Kier molecular flexibility index (Phi) is 3.97. The first kappa shape index (κ1) is 12.9. The summed E-state index contributed by atoms with van der Waals surface area (Å²) in [6, 6.07) is 8.82. The Morgan fingerprint density at radius 2 is 1.95 bits per heavy atom. The van der Waals surface area contributed by atoms with Crippen LogP contribution in [0.25, 0.3) is 0 Å². The molecule has 5 nitrogen and oxygen atoms in total. The lowest BCUT2D eigenvalue weighted by Crippen LogP contribution is -2.13. The van der Waals surface area contributed by atoms with Crippen molar-refractivity contribution >= 4 is 11.6 Å². The van der Waals surface area contributed by atoms with Crippen LogP contribution >= 0.6 is 0 Å². The topological polar surface area (TPSA) is 60.5 Å². The van der Waals surface area contributed by atoms with E-state index in [0.717, 1.165) is 0 Å². The molecule has 0 aliphatic heterocycles. The van der Waals surface area contributed by atoms with Crippen LogP contribution in [0.2, 0.25) is 0 Å².